The molecule has 0 bridgehead atoms. The van der Waals surface area contributed by atoms with Crippen molar-refractivity contribution in [3.8, 4) is 0 Å². The zero-order valence-corrected chi connectivity index (χ0v) is 5.58. The van der Waals surface area contributed by atoms with E-state index in [1.807, 2.05) is 0 Å². The molecule has 0 saturated carbocycles. The molecule has 0 fully saturated rings. The second kappa shape index (κ2) is 4.05. The highest BCUT2D eigenvalue weighted by Crippen LogP contribution is 1.95. The summed E-state index contributed by atoms with van der Waals surface area (Å²) in [5, 5.41) is 7.74. The number of halogens is 1. The first-order valence-corrected chi connectivity index (χ1v) is 2.62. The first kappa shape index (κ1) is 8.13. The van der Waals surface area contributed by atoms with Gasteiger partial charge in [0.1, 0.15) is 6.67 Å². The van der Waals surface area contributed by atoms with E-state index in [1.54, 1.807) is 14.0 Å². The highest BCUT2D eigenvalue weighted by molar-refractivity contribution is 4.53. The minimum Gasteiger partial charge on any atom is -0.303 e. The molecule has 9 heavy (non-hydrogen) atoms. The average molecular weight is 134 g/mol. The van der Waals surface area contributed by atoms with Crippen LogP contribution in [0.15, 0.2) is 10.4 Å². The summed E-state index contributed by atoms with van der Waals surface area (Å²) in [5.41, 5.74) is 0. The van der Waals surface area contributed by atoms with E-state index in [-0.39, 0.29) is 6.04 Å². The van der Waals surface area contributed by atoms with Crippen LogP contribution in [-0.4, -0.2) is 24.8 Å². The number of hydrogen-bond acceptors (Lipinski definition) is 2. The van der Waals surface area contributed by atoms with E-state index >= 15 is 0 Å². The predicted octanol–water partition coefficient (Wildman–Crippen LogP) is 0.517. The van der Waals surface area contributed by atoms with Crippen molar-refractivity contribution in [3.05, 3.63) is 0 Å². The molecule has 2 N–H and O–H groups in total. The molecule has 0 aliphatic heterocycles. The van der Waals surface area contributed by atoms with Gasteiger partial charge in [-0.05, 0) is 6.92 Å². The summed E-state index contributed by atoms with van der Waals surface area (Å²) in [4.78, 5) is 0. The van der Waals surface area contributed by atoms with Gasteiger partial charge in [-0.2, -0.15) is 0 Å². The fourth-order valence-corrected chi connectivity index (χ4v) is 0.269. The monoisotopic (exact) mass is 134 g/mol. The van der Waals surface area contributed by atoms with Gasteiger partial charge in [-0.3, -0.25) is 5.01 Å². The van der Waals surface area contributed by atoms with Gasteiger partial charge in [0.05, 0.1) is 6.04 Å². The standard InChI is InChI=1S/C4H11FN4/c1-4(3-5)9(2)8-7-6/h4H,3H2,1-2H3,(H2,6,8). The van der Waals surface area contributed by atoms with Gasteiger partial charge >= 0.3 is 0 Å². The third-order valence-corrected chi connectivity index (χ3v) is 1.05. The predicted molar refractivity (Wildman–Crippen MR) is 32.2 cm³/mol. The number of hydrogen-bond donors (Lipinski definition) is 1. The summed E-state index contributed by atoms with van der Waals surface area (Å²) < 4.78 is 11.8. The Balaban J connectivity index is 3.58. The molecule has 4 nitrogen and oxygen atoms in total. The molecule has 0 heterocycles. The van der Waals surface area contributed by atoms with Crippen LogP contribution in [0, 0.1) is 0 Å². The average Bonchev–Trinajstić information content (AvgIpc) is 1.87. The van der Waals surface area contributed by atoms with E-state index in [0.717, 1.165) is 0 Å². The topological polar surface area (TPSA) is 54.0 Å². The van der Waals surface area contributed by atoms with E-state index in [1.165, 1.54) is 5.01 Å². The fraction of sp³-hybridized carbons (Fsp3) is 1.00. The Kier molecular flexibility index (Phi) is 3.66. The molecule has 0 saturated heterocycles. The van der Waals surface area contributed by atoms with Gasteiger partial charge in [0.2, 0.25) is 0 Å². The van der Waals surface area contributed by atoms with Crippen LogP contribution in [0.2, 0.25) is 0 Å². The molecule has 0 aliphatic carbocycles. The van der Waals surface area contributed by atoms with Crippen molar-refractivity contribution in [2.45, 2.75) is 13.0 Å². The molecule has 0 aliphatic rings. The van der Waals surface area contributed by atoms with Crippen LogP contribution in [0.1, 0.15) is 6.92 Å². The van der Waals surface area contributed by atoms with Crippen LogP contribution in [-0.2, 0) is 0 Å². The summed E-state index contributed by atoms with van der Waals surface area (Å²) in [6.07, 6.45) is 0. The maximum absolute atomic E-state index is 11.8. The lowest BCUT2D eigenvalue weighted by molar-refractivity contribution is 0.209. The van der Waals surface area contributed by atoms with Crippen molar-refractivity contribution < 1.29 is 4.39 Å². The van der Waals surface area contributed by atoms with Crippen molar-refractivity contribution in [3.63, 3.8) is 0 Å². The Hall–Kier alpha value is -0.870. The highest BCUT2D eigenvalue weighted by atomic mass is 19.1. The van der Waals surface area contributed by atoms with E-state index < -0.39 is 6.67 Å². The molecule has 5 heteroatoms. The molecule has 0 amide bonds. The first-order valence-electron chi connectivity index (χ1n) is 2.62. The van der Waals surface area contributed by atoms with Gasteiger partial charge in [-0.1, -0.05) is 10.4 Å². The lowest BCUT2D eigenvalue weighted by Crippen LogP contribution is -2.25. The van der Waals surface area contributed by atoms with Crippen LogP contribution >= 0.6 is 0 Å². The Morgan fingerprint density at radius 3 is 2.67 bits per heavy atom. The highest BCUT2D eigenvalue weighted by Gasteiger charge is 2.04. The van der Waals surface area contributed by atoms with Crippen LogP contribution < -0.4 is 5.84 Å². The molecule has 0 aromatic carbocycles. The van der Waals surface area contributed by atoms with Crippen molar-refractivity contribution >= 4 is 0 Å². The molecule has 1 unspecified atom stereocenters. The molecule has 0 aromatic heterocycles. The Labute approximate surface area is 53.5 Å². The number of nitrogens with zero attached hydrogens (tertiary/aromatic N) is 3. The van der Waals surface area contributed by atoms with Crippen molar-refractivity contribution in [1.29, 1.82) is 0 Å². The molecule has 54 valence electrons. The minimum absolute atomic E-state index is 0.253. The van der Waals surface area contributed by atoms with Crippen LogP contribution in [0.3, 0.4) is 0 Å². The second-order valence-corrected chi connectivity index (χ2v) is 1.78. The van der Waals surface area contributed by atoms with Crippen molar-refractivity contribution in [2.24, 2.45) is 16.3 Å². The molecule has 0 radical (unpaired) electrons. The third-order valence-electron chi connectivity index (χ3n) is 1.05. The maximum atomic E-state index is 11.8. The lowest BCUT2D eigenvalue weighted by Gasteiger charge is -2.15. The van der Waals surface area contributed by atoms with Crippen LogP contribution in [0.4, 0.5) is 4.39 Å². The Morgan fingerprint density at radius 1 is 1.78 bits per heavy atom. The SMILES string of the molecule is CC(CF)N(C)/N=N\N. The van der Waals surface area contributed by atoms with Crippen molar-refractivity contribution in [2.75, 3.05) is 13.7 Å². The number of rotatable bonds is 3. The molecular formula is C4H11FN4. The largest absolute Gasteiger partial charge is 0.303 e. The number of alkyl halides is 1. The van der Waals surface area contributed by atoms with Gasteiger partial charge in [-0.25, -0.2) is 4.39 Å². The van der Waals surface area contributed by atoms with Gasteiger partial charge in [-0.15, -0.1) is 0 Å². The summed E-state index contributed by atoms with van der Waals surface area (Å²) in [7, 11) is 1.61. The van der Waals surface area contributed by atoms with Gasteiger partial charge < -0.3 is 5.84 Å². The smallest absolute Gasteiger partial charge is 0.111 e. The van der Waals surface area contributed by atoms with E-state index in [2.05, 4.69) is 10.4 Å². The summed E-state index contributed by atoms with van der Waals surface area (Å²) in [6, 6.07) is -0.253. The quantitative estimate of drug-likeness (QED) is 0.347. The second-order valence-electron chi connectivity index (χ2n) is 1.78. The molecule has 0 aromatic rings. The van der Waals surface area contributed by atoms with Crippen molar-refractivity contribution in [1.82, 2.24) is 5.01 Å². The van der Waals surface area contributed by atoms with Gasteiger partial charge in [0.15, 0.2) is 0 Å². The Morgan fingerprint density at radius 2 is 2.33 bits per heavy atom. The minimum atomic E-state index is -0.449. The van der Waals surface area contributed by atoms with Gasteiger partial charge in [0.25, 0.3) is 0 Å². The lowest BCUT2D eigenvalue weighted by atomic mass is 10.4. The summed E-state index contributed by atoms with van der Waals surface area (Å²) in [5.74, 6) is 4.72. The zero-order chi connectivity index (χ0) is 7.28. The number of nitrogens with two attached hydrogens (primary N) is 1. The van der Waals surface area contributed by atoms with E-state index in [4.69, 9.17) is 5.84 Å². The molecular weight excluding hydrogens is 123 g/mol. The summed E-state index contributed by atoms with van der Waals surface area (Å²) >= 11 is 0. The van der Waals surface area contributed by atoms with E-state index in [0.29, 0.717) is 0 Å². The zero-order valence-electron chi connectivity index (χ0n) is 5.58. The summed E-state index contributed by atoms with van der Waals surface area (Å²) in [6.45, 7) is 1.24. The molecule has 0 spiro atoms. The van der Waals surface area contributed by atoms with Crippen LogP contribution in [0.25, 0.3) is 0 Å². The van der Waals surface area contributed by atoms with E-state index in [9.17, 15) is 4.39 Å². The normalized spacial score (nSPS) is 14.1. The molecule has 0 rings (SSSR count). The van der Waals surface area contributed by atoms with Crippen LogP contribution in [0.5, 0.6) is 0 Å². The maximum Gasteiger partial charge on any atom is 0.111 e. The van der Waals surface area contributed by atoms with Gasteiger partial charge in [0, 0.05) is 7.05 Å². The fourth-order valence-electron chi connectivity index (χ4n) is 0.269. The first-order chi connectivity index (χ1) is 4.22. The molecule has 1 atom stereocenters. The Bertz CT molecular complexity index is 94.6. The third kappa shape index (κ3) is 2.84.